The highest BCUT2D eigenvalue weighted by molar-refractivity contribution is 5.81. The van der Waals surface area contributed by atoms with Gasteiger partial charge in [-0.3, -0.25) is 0 Å². The zero-order chi connectivity index (χ0) is 20.6. The molecule has 1 atom stereocenters. The summed E-state index contributed by atoms with van der Waals surface area (Å²) >= 11 is 0. The fourth-order valence-electron chi connectivity index (χ4n) is 4.12. The molecule has 6 heteroatoms. The highest BCUT2D eigenvalue weighted by Gasteiger charge is 2.34. The average molecular weight is 395 g/mol. The normalized spacial score (nSPS) is 20.4. The van der Waals surface area contributed by atoms with Gasteiger partial charge in [0.25, 0.3) is 0 Å². The van der Waals surface area contributed by atoms with Crippen LogP contribution in [-0.4, -0.2) is 40.9 Å². The van der Waals surface area contributed by atoms with Gasteiger partial charge in [-0.05, 0) is 52.9 Å². The molecule has 2 fully saturated rings. The van der Waals surface area contributed by atoms with Crippen LogP contribution in [0.5, 0.6) is 0 Å². The molecule has 6 nitrogen and oxygen atoms in total. The van der Waals surface area contributed by atoms with Crippen molar-refractivity contribution in [2.45, 2.75) is 115 Å². The van der Waals surface area contributed by atoms with E-state index in [-0.39, 0.29) is 12.1 Å². The lowest BCUT2D eigenvalue weighted by molar-refractivity contribution is -0.224. The van der Waals surface area contributed by atoms with Crippen LogP contribution < -0.4 is 5.32 Å². The first kappa shape index (κ1) is 22.7. The first-order chi connectivity index (χ1) is 13.3. The van der Waals surface area contributed by atoms with Gasteiger partial charge in [0.15, 0.2) is 0 Å². The van der Waals surface area contributed by atoms with E-state index in [0.29, 0.717) is 6.42 Å². The lowest BCUT2D eigenvalue weighted by Gasteiger charge is -2.40. The summed E-state index contributed by atoms with van der Waals surface area (Å²) in [6, 6.07) is -0.222. The SMILES string of the molecule is C=CC[C@@H](NC(=O)OC(C)(C)C)C(=O)ON(C1CCCCC1)C1CCCCC1. The Bertz CT molecular complexity index is 499. The first-order valence-electron chi connectivity index (χ1n) is 10.9. The summed E-state index contributed by atoms with van der Waals surface area (Å²) in [7, 11) is 0. The van der Waals surface area contributed by atoms with E-state index < -0.39 is 23.7 Å². The molecule has 0 heterocycles. The van der Waals surface area contributed by atoms with Gasteiger partial charge >= 0.3 is 12.1 Å². The van der Waals surface area contributed by atoms with Crippen molar-refractivity contribution in [3.05, 3.63) is 12.7 Å². The third-order valence-corrected chi connectivity index (χ3v) is 5.44. The van der Waals surface area contributed by atoms with Gasteiger partial charge in [-0.15, -0.1) is 11.6 Å². The Morgan fingerprint density at radius 2 is 1.54 bits per heavy atom. The van der Waals surface area contributed by atoms with Crippen LogP contribution in [-0.2, 0) is 14.4 Å². The molecule has 0 aromatic heterocycles. The number of hydroxylamine groups is 2. The lowest BCUT2D eigenvalue weighted by atomic mass is 9.90. The molecular weight excluding hydrogens is 356 g/mol. The van der Waals surface area contributed by atoms with Crippen molar-refractivity contribution in [3.63, 3.8) is 0 Å². The largest absolute Gasteiger partial charge is 0.444 e. The van der Waals surface area contributed by atoms with Crippen molar-refractivity contribution in [2.75, 3.05) is 0 Å². The molecule has 0 radical (unpaired) electrons. The zero-order valence-corrected chi connectivity index (χ0v) is 17.9. The van der Waals surface area contributed by atoms with Gasteiger partial charge in [-0.25, -0.2) is 9.59 Å². The van der Waals surface area contributed by atoms with Gasteiger partial charge in [-0.1, -0.05) is 44.6 Å². The Labute approximate surface area is 170 Å². The van der Waals surface area contributed by atoms with Crippen LogP contribution >= 0.6 is 0 Å². The molecule has 1 N–H and O–H groups in total. The molecule has 28 heavy (non-hydrogen) atoms. The molecule has 160 valence electrons. The number of nitrogens with zero attached hydrogens (tertiary/aromatic N) is 1. The quantitative estimate of drug-likeness (QED) is 0.492. The van der Waals surface area contributed by atoms with E-state index in [1.807, 2.05) is 5.06 Å². The number of carbonyl (C=O) groups is 2. The third-order valence-electron chi connectivity index (χ3n) is 5.44. The first-order valence-corrected chi connectivity index (χ1v) is 10.9. The van der Waals surface area contributed by atoms with Crippen LogP contribution in [0.25, 0.3) is 0 Å². The van der Waals surface area contributed by atoms with Crippen molar-refractivity contribution in [2.24, 2.45) is 0 Å². The summed E-state index contributed by atoms with van der Waals surface area (Å²) < 4.78 is 5.30. The van der Waals surface area contributed by atoms with Crippen molar-refractivity contribution >= 4 is 12.1 Å². The molecule has 0 bridgehead atoms. The zero-order valence-electron chi connectivity index (χ0n) is 17.9. The summed E-state index contributed by atoms with van der Waals surface area (Å²) in [5.74, 6) is -0.429. The van der Waals surface area contributed by atoms with Gasteiger partial charge in [0, 0.05) is 12.1 Å². The molecule has 0 aromatic carbocycles. The van der Waals surface area contributed by atoms with E-state index in [1.165, 1.54) is 38.5 Å². The van der Waals surface area contributed by atoms with Crippen LogP contribution in [0, 0.1) is 0 Å². The van der Waals surface area contributed by atoms with Crippen molar-refractivity contribution in [1.82, 2.24) is 10.4 Å². The van der Waals surface area contributed by atoms with Crippen molar-refractivity contribution in [1.29, 1.82) is 0 Å². The summed E-state index contributed by atoms with van der Waals surface area (Å²) in [5.41, 5.74) is -0.622. The molecule has 1 amide bonds. The maximum atomic E-state index is 12.9. The maximum absolute atomic E-state index is 12.9. The Kier molecular flexibility index (Phi) is 8.80. The number of ether oxygens (including phenoxy) is 1. The second kappa shape index (κ2) is 10.8. The van der Waals surface area contributed by atoms with Gasteiger partial charge in [0.2, 0.25) is 0 Å². The number of amides is 1. The minimum atomic E-state index is -0.790. The van der Waals surface area contributed by atoms with Crippen LogP contribution in [0.3, 0.4) is 0 Å². The van der Waals surface area contributed by atoms with E-state index >= 15 is 0 Å². The number of carbonyl (C=O) groups excluding carboxylic acids is 2. The van der Waals surface area contributed by atoms with Gasteiger partial charge in [-0.2, -0.15) is 0 Å². The lowest BCUT2D eigenvalue weighted by Crippen LogP contribution is -2.51. The number of hydrogen-bond donors (Lipinski definition) is 1. The Morgan fingerprint density at radius 3 is 1.96 bits per heavy atom. The Morgan fingerprint density at radius 1 is 1.04 bits per heavy atom. The maximum Gasteiger partial charge on any atom is 0.408 e. The van der Waals surface area contributed by atoms with Gasteiger partial charge < -0.3 is 14.9 Å². The van der Waals surface area contributed by atoms with E-state index in [1.54, 1.807) is 26.8 Å². The monoisotopic (exact) mass is 394 g/mol. The summed E-state index contributed by atoms with van der Waals surface area (Å²) in [6.45, 7) is 9.09. The Balaban J connectivity index is 2.04. The standard InChI is InChI=1S/C22H38N2O4/c1-5-12-19(23-21(26)27-22(2,3)4)20(25)28-24(17-13-8-6-9-14-17)18-15-10-7-11-16-18/h5,17-19H,1,6-16H2,2-4H3,(H,23,26)/t19-/m1/s1. The van der Waals surface area contributed by atoms with E-state index in [2.05, 4.69) is 11.9 Å². The topological polar surface area (TPSA) is 67.9 Å². The van der Waals surface area contributed by atoms with Crippen LogP contribution in [0.15, 0.2) is 12.7 Å². The van der Waals surface area contributed by atoms with E-state index in [4.69, 9.17) is 9.57 Å². The molecule has 2 rings (SSSR count). The minimum Gasteiger partial charge on any atom is -0.444 e. The summed E-state index contributed by atoms with van der Waals surface area (Å²) in [6.07, 6.45) is 12.8. The van der Waals surface area contributed by atoms with Gasteiger partial charge in [0.1, 0.15) is 11.6 Å². The summed E-state index contributed by atoms with van der Waals surface area (Å²) in [5, 5.41) is 4.63. The molecule has 0 aromatic rings. The number of nitrogens with one attached hydrogen (secondary N) is 1. The fourth-order valence-corrected chi connectivity index (χ4v) is 4.12. The molecule has 0 aliphatic heterocycles. The number of alkyl carbamates (subject to hydrolysis) is 1. The summed E-state index contributed by atoms with van der Waals surface area (Å²) in [4.78, 5) is 31.0. The second-order valence-electron chi connectivity index (χ2n) is 9.08. The van der Waals surface area contributed by atoms with Crippen LogP contribution in [0.1, 0.15) is 91.4 Å². The fraction of sp³-hybridized carbons (Fsp3) is 0.818. The van der Waals surface area contributed by atoms with Crippen molar-refractivity contribution < 1.29 is 19.2 Å². The number of hydrogen-bond acceptors (Lipinski definition) is 5. The molecule has 0 spiro atoms. The third kappa shape index (κ3) is 7.46. The van der Waals surface area contributed by atoms with Crippen molar-refractivity contribution in [3.8, 4) is 0 Å². The molecule has 2 aliphatic rings. The van der Waals surface area contributed by atoms with Crippen LogP contribution in [0.2, 0.25) is 0 Å². The highest BCUT2D eigenvalue weighted by Crippen LogP contribution is 2.30. The second-order valence-corrected chi connectivity index (χ2v) is 9.08. The number of rotatable bonds is 7. The smallest absolute Gasteiger partial charge is 0.408 e. The van der Waals surface area contributed by atoms with E-state index in [9.17, 15) is 9.59 Å². The molecular formula is C22H38N2O4. The molecule has 0 saturated heterocycles. The molecule has 0 unspecified atom stereocenters. The minimum absolute atomic E-state index is 0.284. The highest BCUT2D eigenvalue weighted by atomic mass is 16.7. The average Bonchev–Trinajstić information content (AvgIpc) is 2.65. The molecule has 2 saturated carbocycles. The Hall–Kier alpha value is -1.56. The van der Waals surface area contributed by atoms with E-state index in [0.717, 1.165) is 25.7 Å². The predicted octanol–water partition coefficient (Wildman–Crippen LogP) is 4.88. The van der Waals surface area contributed by atoms with Gasteiger partial charge in [0.05, 0.1) is 0 Å². The molecule has 2 aliphatic carbocycles. The predicted molar refractivity (Wildman–Crippen MR) is 110 cm³/mol. The van der Waals surface area contributed by atoms with Crippen LogP contribution in [0.4, 0.5) is 4.79 Å².